The molecule has 0 spiro atoms. The second kappa shape index (κ2) is 6.28. The van der Waals surface area contributed by atoms with Gasteiger partial charge in [-0.3, -0.25) is 9.52 Å². The smallest absolute Gasteiger partial charge is 0.261 e. The molecule has 126 valence electrons. The molecular weight excluding hydrogens is 324 g/mol. The first kappa shape index (κ1) is 16.5. The number of hydrogen-bond donors (Lipinski definition) is 2. The van der Waals surface area contributed by atoms with Gasteiger partial charge in [0, 0.05) is 17.3 Å². The molecule has 3 rings (SSSR count). The van der Waals surface area contributed by atoms with Gasteiger partial charge in [-0.25, -0.2) is 8.42 Å². The lowest BCUT2D eigenvalue weighted by molar-refractivity contribution is 0.0951. The van der Waals surface area contributed by atoms with Gasteiger partial charge in [0.05, 0.1) is 4.90 Å². The fourth-order valence-electron chi connectivity index (χ4n) is 2.32. The van der Waals surface area contributed by atoms with Crippen LogP contribution >= 0.6 is 0 Å². The van der Waals surface area contributed by atoms with Gasteiger partial charge < -0.3 is 5.32 Å². The van der Waals surface area contributed by atoms with Gasteiger partial charge in [-0.1, -0.05) is 12.1 Å². The van der Waals surface area contributed by atoms with E-state index < -0.39 is 10.0 Å². The fourth-order valence-corrected chi connectivity index (χ4v) is 3.41. The van der Waals surface area contributed by atoms with E-state index >= 15 is 0 Å². The van der Waals surface area contributed by atoms with Gasteiger partial charge in [0.15, 0.2) is 0 Å². The summed E-state index contributed by atoms with van der Waals surface area (Å²) in [6.07, 6.45) is 1.97. The average molecular weight is 344 g/mol. The molecule has 1 amide bonds. The highest BCUT2D eigenvalue weighted by Gasteiger charge is 2.24. The largest absolute Gasteiger partial charge is 0.349 e. The van der Waals surface area contributed by atoms with Crippen molar-refractivity contribution in [2.75, 3.05) is 4.72 Å². The first-order valence-electron chi connectivity index (χ1n) is 7.86. The van der Waals surface area contributed by atoms with Crippen molar-refractivity contribution in [3.05, 3.63) is 59.2 Å². The molecule has 0 atom stereocenters. The van der Waals surface area contributed by atoms with Crippen molar-refractivity contribution in [2.24, 2.45) is 0 Å². The molecule has 0 saturated heterocycles. The number of anilines is 1. The maximum atomic E-state index is 12.6. The number of benzene rings is 2. The number of carbonyl (C=O) groups excluding carboxylic acids is 1. The average Bonchev–Trinajstić information content (AvgIpc) is 3.35. The van der Waals surface area contributed by atoms with Gasteiger partial charge in [0.1, 0.15) is 0 Å². The van der Waals surface area contributed by atoms with Crippen LogP contribution in [0.4, 0.5) is 5.69 Å². The summed E-state index contributed by atoms with van der Waals surface area (Å²) >= 11 is 0. The van der Waals surface area contributed by atoms with Crippen molar-refractivity contribution in [1.82, 2.24) is 5.32 Å². The van der Waals surface area contributed by atoms with E-state index in [1.807, 2.05) is 19.9 Å². The highest BCUT2D eigenvalue weighted by Crippen LogP contribution is 2.21. The Morgan fingerprint density at radius 2 is 1.79 bits per heavy atom. The quantitative estimate of drug-likeness (QED) is 0.875. The van der Waals surface area contributed by atoms with E-state index in [4.69, 9.17) is 0 Å². The zero-order valence-electron chi connectivity index (χ0n) is 13.7. The number of sulfonamides is 1. The van der Waals surface area contributed by atoms with Crippen molar-refractivity contribution in [3.63, 3.8) is 0 Å². The lowest BCUT2D eigenvalue weighted by Gasteiger charge is -2.11. The van der Waals surface area contributed by atoms with Crippen LogP contribution in [0.2, 0.25) is 0 Å². The molecule has 1 fully saturated rings. The summed E-state index contributed by atoms with van der Waals surface area (Å²) in [5.74, 6) is -0.235. The topological polar surface area (TPSA) is 75.3 Å². The molecular formula is C18H20N2O3S. The van der Waals surface area contributed by atoms with Crippen LogP contribution < -0.4 is 10.0 Å². The monoisotopic (exact) mass is 344 g/mol. The Kier molecular flexibility index (Phi) is 4.32. The van der Waals surface area contributed by atoms with Crippen molar-refractivity contribution < 1.29 is 13.2 Å². The Balaban J connectivity index is 1.83. The van der Waals surface area contributed by atoms with Gasteiger partial charge in [-0.05, 0) is 68.1 Å². The van der Waals surface area contributed by atoms with Crippen molar-refractivity contribution >= 4 is 21.6 Å². The predicted molar refractivity (Wildman–Crippen MR) is 93.7 cm³/mol. The Bertz CT molecular complexity index is 887. The zero-order valence-corrected chi connectivity index (χ0v) is 14.5. The molecule has 24 heavy (non-hydrogen) atoms. The molecule has 1 aliphatic carbocycles. The predicted octanol–water partition coefficient (Wildman–Crippen LogP) is 3.00. The number of rotatable bonds is 5. The van der Waals surface area contributed by atoms with Crippen molar-refractivity contribution in [2.45, 2.75) is 37.6 Å². The van der Waals surface area contributed by atoms with Crippen LogP contribution in [0.3, 0.4) is 0 Å². The summed E-state index contributed by atoms with van der Waals surface area (Å²) in [4.78, 5) is 12.2. The zero-order chi connectivity index (χ0) is 17.3. The van der Waals surface area contributed by atoms with Gasteiger partial charge in [-0.15, -0.1) is 0 Å². The molecule has 1 aliphatic rings. The minimum Gasteiger partial charge on any atom is -0.349 e. The van der Waals surface area contributed by atoms with E-state index in [-0.39, 0.29) is 16.8 Å². The van der Waals surface area contributed by atoms with Crippen LogP contribution in [0, 0.1) is 13.8 Å². The molecule has 0 aliphatic heterocycles. The molecule has 0 aromatic heterocycles. The molecule has 2 aromatic rings. The summed E-state index contributed by atoms with van der Waals surface area (Å²) in [7, 11) is -3.74. The van der Waals surface area contributed by atoms with E-state index in [9.17, 15) is 13.2 Å². The number of hydrogen-bond acceptors (Lipinski definition) is 3. The summed E-state index contributed by atoms with van der Waals surface area (Å²) in [5.41, 5.74) is 2.96. The molecule has 1 saturated carbocycles. The Hall–Kier alpha value is -2.34. The number of amides is 1. The van der Waals surface area contributed by atoms with Crippen LogP contribution in [0.25, 0.3) is 0 Å². The Morgan fingerprint density at radius 1 is 1.04 bits per heavy atom. The minimum absolute atomic E-state index is 0.0733. The third-order valence-electron chi connectivity index (χ3n) is 4.08. The third-order valence-corrected chi connectivity index (χ3v) is 5.46. The lowest BCUT2D eigenvalue weighted by Crippen LogP contribution is -2.25. The first-order valence-corrected chi connectivity index (χ1v) is 9.34. The van der Waals surface area contributed by atoms with Gasteiger partial charge in [0.2, 0.25) is 0 Å². The minimum atomic E-state index is -3.74. The second-order valence-corrected chi connectivity index (χ2v) is 7.86. The van der Waals surface area contributed by atoms with Gasteiger partial charge >= 0.3 is 0 Å². The SMILES string of the molecule is Cc1ccc(NS(=O)(=O)c2cccc(C(=O)NC3CC3)c2)cc1C. The normalized spacial score (nSPS) is 14.2. The van der Waals surface area contributed by atoms with Crippen molar-refractivity contribution in [3.8, 4) is 0 Å². The number of nitrogens with one attached hydrogen (secondary N) is 2. The van der Waals surface area contributed by atoms with Crippen LogP contribution in [-0.2, 0) is 10.0 Å². The van der Waals surface area contributed by atoms with E-state index in [0.717, 1.165) is 24.0 Å². The van der Waals surface area contributed by atoms with Crippen LogP contribution in [0.5, 0.6) is 0 Å². The van der Waals surface area contributed by atoms with Crippen LogP contribution in [0.1, 0.15) is 34.3 Å². The third kappa shape index (κ3) is 3.76. The van der Waals surface area contributed by atoms with Crippen molar-refractivity contribution in [1.29, 1.82) is 0 Å². The lowest BCUT2D eigenvalue weighted by atomic mass is 10.1. The van der Waals surface area contributed by atoms with Crippen LogP contribution in [-0.4, -0.2) is 20.4 Å². The second-order valence-electron chi connectivity index (χ2n) is 6.18. The standard InChI is InChI=1S/C18H20N2O3S/c1-12-6-7-16(10-13(12)2)20-24(22,23)17-5-3-4-14(11-17)18(21)19-15-8-9-15/h3-7,10-11,15,20H,8-9H2,1-2H3,(H,19,21). The highest BCUT2D eigenvalue weighted by molar-refractivity contribution is 7.92. The summed E-state index contributed by atoms with van der Waals surface area (Å²) < 4.78 is 27.7. The molecule has 2 N–H and O–H groups in total. The van der Waals surface area contributed by atoms with E-state index in [1.54, 1.807) is 24.3 Å². The summed E-state index contributed by atoms with van der Waals surface area (Å²) in [5, 5.41) is 2.86. The molecule has 0 radical (unpaired) electrons. The van der Waals surface area contributed by atoms with Gasteiger partial charge in [-0.2, -0.15) is 0 Å². The number of aryl methyl sites for hydroxylation is 2. The van der Waals surface area contributed by atoms with E-state index in [0.29, 0.717) is 11.3 Å². The molecule has 0 bridgehead atoms. The molecule has 2 aromatic carbocycles. The summed E-state index contributed by atoms with van der Waals surface area (Å²) in [6, 6.07) is 11.7. The van der Waals surface area contributed by atoms with Gasteiger partial charge in [0.25, 0.3) is 15.9 Å². The fraction of sp³-hybridized carbons (Fsp3) is 0.278. The molecule has 0 unspecified atom stereocenters. The van der Waals surface area contributed by atoms with E-state index in [2.05, 4.69) is 10.0 Å². The maximum absolute atomic E-state index is 12.6. The Morgan fingerprint density at radius 3 is 2.46 bits per heavy atom. The maximum Gasteiger partial charge on any atom is 0.261 e. The van der Waals surface area contributed by atoms with E-state index in [1.165, 1.54) is 12.1 Å². The molecule has 0 heterocycles. The number of carbonyl (C=O) groups is 1. The molecule has 6 heteroatoms. The first-order chi connectivity index (χ1) is 11.3. The highest BCUT2D eigenvalue weighted by atomic mass is 32.2. The molecule has 5 nitrogen and oxygen atoms in total. The summed E-state index contributed by atoms with van der Waals surface area (Å²) in [6.45, 7) is 3.89. The van der Waals surface area contributed by atoms with Crippen LogP contribution in [0.15, 0.2) is 47.4 Å². The Labute approximate surface area is 142 Å².